The summed E-state index contributed by atoms with van der Waals surface area (Å²) >= 11 is 4.25. The summed E-state index contributed by atoms with van der Waals surface area (Å²) in [6.45, 7) is 0. The maximum Gasteiger partial charge on any atom is 0.290 e. The van der Waals surface area contributed by atoms with Crippen LogP contribution in [0.2, 0.25) is 0 Å². The third-order valence-corrected chi connectivity index (χ3v) is 4.01. The van der Waals surface area contributed by atoms with E-state index in [2.05, 4.69) is 21.2 Å². The zero-order valence-corrected chi connectivity index (χ0v) is 12.5. The molecular weight excluding hydrogens is 342 g/mol. The van der Waals surface area contributed by atoms with Crippen molar-refractivity contribution in [3.05, 3.63) is 51.5 Å². The van der Waals surface area contributed by atoms with E-state index in [1.54, 1.807) is 12.1 Å². The summed E-state index contributed by atoms with van der Waals surface area (Å²) in [4.78, 5) is 22.8. The summed E-state index contributed by atoms with van der Waals surface area (Å²) in [6, 6.07) is 11.3. The summed E-state index contributed by atoms with van der Waals surface area (Å²) < 4.78 is 6.65. The van der Waals surface area contributed by atoms with Gasteiger partial charge in [0.1, 0.15) is 11.5 Å². The van der Waals surface area contributed by atoms with E-state index in [9.17, 15) is 9.59 Å². The minimum absolute atomic E-state index is 0.340. The van der Waals surface area contributed by atoms with Crippen LogP contribution in [0.1, 0.15) is 5.76 Å². The molecule has 1 aromatic carbocycles. The molecule has 1 aromatic heterocycles. The number of imide groups is 1. The number of rotatable bonds is 2. The van der Waals surface area contributed by atoms with Gasteiger partial charge in [0.25, 0.3) is 11.1 Å². The van der Waals surface area contributed by atoms with Crippen LogP contribution >= 0.6 is 27.7 Å². The average molecular weight is 350 g/mol. The van der Waals surface area contributed by atoms with E-state index in [-0.39, 0.29) is 11.1 Å². The van der Waals surface area contributed by atoms with E-state index in [0.717, 1.165) is 21.8 Å². The van der Waals surface area contributed by atoms with Gasteiger partial charge in [-0.25, -0.2) is 0 Å². The lowest BCUT2D eigenvalue weighted by Gasteiger charge is -1.96. The summed E-state index contributed by atoms with van der Waals surface area (Å²) in [5.41, 5.74) is 0.942. The largest absolute Gasteiger partial charge is 0.457 e. The van der Waals surface area contributed by atoms with Gasteiger partial charge in [-0.05, 0) is 36.0 Å². The molecule has 0 atom stereocenters. The Kier molecular flexibility index (Phi) is 3.50. The molecule has 2 heterocycles. The second-order valence-corrected chi connectivity index (χ2v) is 5.99. The highest BCUT2D eigenvalue weighted by atomic mass is 79.9. The lowest BCUT2D eigenvalue weighted by Crippen LogP contribution is -2.17. The second kappa shape index (κ2) is 5.30. The summed E-state index contributed by atoms with van der Waals surface area (Å²) in [5, 5.41) is 1.84. The minimum atomic E-state index is -0.387. The zero-order valence-electron chi connectivity index (χ0n) is 10.1. The van der Waals surface area contributed by atoms with E-state index in [1.807, 2.05) is 30.3 Å². The topological polar surface area (TPSA) is 59.3 Å². The number of nitrogens with one attached hydrogen (secondary N) is 1. The third kappa shape index (κ3) is 2.71. The number of thioether (sulfide) groups is 1. The Morgan fingerprint density at radius 2 is 1.85 bits per heavy atom. The minimum Gasteiger partial charge on any atom is -0.457 e. The molecule has 6 heteroatoms. The Morgan fingerprint density at radius 1 is 1.10 bits per heavy atom. The molecule has 0 spiro atoms. The van der Waals surface area contributed by atoms with Gasteiger partial charge in [0, 0.05) is 16.1 Å². The third-order valence-electron chi connectivity index (χ3n) is 2.67. The lowest BCUT2D eigenvalue weighted by atomic mass is 10.2. The van der Waals surface area contributed by atoms with Gasteiger partial charge < -0.3 is 4.42 Å². The molecule has 4 nitrogen and oxygen atoms in total. The van der Waals surface area contributed by atoms with E-state index in [0.29, 0.717) is 16.4 Å². The first-order valence-electron chi connectivity index (χ1n) is 5.72. The van der Waals surface area contributed by atoms with Crippen LogP contribution in [0.4, 0.5) is 4.79 Å². The normalized spacial score (nSPS) is 16.8. The molecule has 1 aliphatic rings. The molecule has 20 heavy (non-hydrogen) atoms. The maximum atomic E-state index is 11.4. The van der Waals surface area contributed by atoms with Crippen LogP contribution in [0.3, 0.4) is 0 Å². The van der Waals surface area contributed by atoms with Gasteiger partial charge >= 0.3 is 0 Å². The number of benzene rings is 1. The molecule has 100 valence electrons. The van der Waals surface area contributed by atoms with Crippen molar-refractivity contribution in [3.63, 3.8) is 0 Å². The summed E-state index contributed by atoms with van der Waals surface area (Å²) in [6.07, 6.45) is 1.56. The van der Waals surface area contributed by atoms with Gasteiger partial charge in [0.05, 0.1) is 4.91 Å². The van der Waals surface area contributed by atoms with E-state index >= 15 is 0 Å². The van der Waals surface area contributed by atoms with Gasteiger partial charge in [-0.3, -0.25) is 14.9 Å². The highest BCUT2D eigenvalue weighted by molar-refractivity contribution is 9.10. The molecule has 0 bridgehead atoms. The van der Waals surface area contributed by atoms with Crippen molar-refractivity contribution in [2.45, 2.75) is 0 Å². The van der Waals surface area contributed by atoms with Crippen molar-refractivity contribution < 1.29 is 14.0 Å². The molecule has 2 amide bonds. The fraction of sp³-hybridized carbons (Fsp3) is 0. The number of furan rings is 1. The molecule has 3 rings (SSSR count). The Morgan fingerprint density at radius 3 is 2.50 bits per heavy atom. The Labute approximate surface area is 127 Å². The lowest BCUT2D eigenvalue weighted by molar-refractivity contribution is -0.115. The fourth-order valence-corrected chi connectivity index (χ4v) is 2.68. The molecular formula is C14H8BrNO3S. The van der Waals surface area contributed by atoms with Crippen molar-refractivity contribution in [2.24, 2.45) is 0 Å². The molecule has 0 saturated carbocycles. The SMILES string of the molecule is O=C1NC(=O)/C(=C/c2ccc(-c3ccc(Br)cc3)o2)S1. The van der Waals surface area contributed by atoms with Gasteiger partial charge in [0.2, 0.25) is 0 Å². The first kappa shape index (κ1) is 13.2. The van der Waals surface area contributed by atoms with Crippen LogP contribution in [-0.2, 0) is 4.79 Å². The van der Waals surface area contributed by atoms with Crippen LogP contribution in [0.5, 0.6) is 0 Å². The van der Waals surface area contributed by atoms with E-state index < -0.39 is 0 Å². The maximum absolute atomic E-state index is 11.4. The highest BCUT2D eigenvalue weighted by Crippen LogP contribution is 2.28. The van der Waals surface area contributed by atoms with Crippen molar-refractivity contribution in [3.8, 4) is 11.3 Å². The molecule has 1 N–H and O–H groups in total. The quantitative estimate of drug-likeness (QED) is 0.831. The molecule has 0 aliphatic carbocycles. The second-order valence-electron chi connectivity index (χ2n) is 4.06. The fourth-order valence-electron chi connectivity index (χ4n) is 1.75. The highest BCUT2D eigenvalue weighted by Gasteiger charge is 2.25. The van der Waals surface area contributed by atoms with E-state index in [1.165, 1.54) is 0 Å². The number of carbonyl (C=O) groups is 2. The molecule has 1 fully saturated rings. The number of carbonyl (C=O) groups excluding carboxylic acids is 2. The summed E-state index contributed by atoms with van der Waals surface area (Å²) in [5.74, 6) is 0.857. The standard InChI is InChI=1S/C14H8BrNO3S/c15-9-3-1-8(2-4-9)11-6-5-10(19-11)7-12-13(17)16-14(18)20-12/h1-7H,(H,16,17,18)/b12-7-. The van der Waals surface area contributed by atoms with Crippen molar-refractivity contribution in [2.75, 3.05) is 0 Å². The van der Waals surface area contributed by atoms with Gasteiger partial charge in [-0.15, -0.1) is 0 Å². The monoisotopic (exact) mass is 349 g/mol. The van der Waals surface area contributed by atoms with Gasteiger partial charge in [0.15, 0.2) is 0 Å². The van der Waals surface area contributed by atoms with Gasteiger partial charge in [-0.1, -0.05) is 28.1 Å². The molecule has 2 aromatic rings. The van der Waals surface area contributed by atoms with Crippen LogP contribution in [0.15, 0.2) is 50.2 Å². The van der Waals surface area contributed by atoms with Crippen molar-refractivity contribution in [1.82, 2.24) is 5.32 Å². The predicted octanol–water partition coefficient (Wildman–Crippen LogP) is 4.03. The number of amides is 2. The molecule has 1 aliphatic heterocycles. The number of hydrogen-bond acceptors (Lipinski definition) is 4. The van der Waals surface area contributed by atoms with Crippen LogP contribution in [0, 0.1) is 0 Å². The number of hydrogen-bond donors (Lipinski definition) is 1. The Hall–Kier alpha value is -1.79. The molecule has 0 unspecified atom stereocenters. The van der Waals surface area contributed by atoms with E-state index in [4.69, 9.17) is 4.42 Å². The summed E-state index contributed by atoms with van der Waals surface area (Å²) in [7, 11) is 0. The van der Waals surface area contributed by atoms with Crippen LogP contribution in [-0.4, -0.2) is 11.1 Å². The predicted molar refractivity (Wildman–Crippen MR) is 81.0 cm³/mol. The number of halogens is 1. The first-order valence-corrected chi connectivity index (χ1v) is 7.33. The Balaban J connectivity index is 1.87. The van der Waals surface area contributed by atoms with Crippen LogP contribution in [0.25, 0.3) is 17.4 Å². The average Bonchev–Trinajstić information content (AvgIpc) is 2.98. The zero-order chi connectivity index (χ0) is 14.1. The first-order chi connectivity index (χ1) is 9.61. The van der Waals surface area contributed by atoms with Crippen molar-refractivity contribution in [1.29, 1.82) is 0 Å². The van der Waals surface area contributed by atoms with Crippen LogP contribution < -0.4 is 5.32 Å². The molecule has 0 radical (unpaired) electrons. The molecule has 1 saturated heterocycles. The van der Waals surface area contributed by atoms with Crippen molar-refractivity contribution >= 4 is 44.9 Å². The van der Waals surface area contributed by atoms with Gasteiger partial charge in [-0.2, -0.15) is 0 Å². The Bertz CT molecular complexity index is 718. The smallest absolute Gasteiger partial charge is 0.290 e.